The van der Waals surface area contributed by atoms with Crippen LogP contribution in [0.25, 0.3) is 0 Å². The lowest BCUT2D eigenvalue weighted by Gasteiger charge is -2.31. The van der Waals surface area contributed by atoms with Crippen molar-refractivity contribution in [1.82, 2.24) is 10.2 Å². The van der Waals surface area contributed by atoms with Gasteiger partial charge in [-0.2, -0.15) is 0 Å². The number of halogens is 1. The lowest BCUT2D eigenvalue weighted by Crippen LogP contribution is -2.46. The van der Waals surface area contributed by atoms with Gasteiger partial charge in [0.05, 0.1) is 6.54 Å². The van der Waals surface area contributed by atoms with Gasteiger partial charge in [0.1, 0.15) is 0 Å². The second kappa shape index (κ2) is 10.2. The van der Waals surface area contributed by atoms with Crippen LogP contribution in [0, 0.1) is 0 Å². The van der Waals surface area contributed by atoms with E-state index in [1.54, 1.807) is 0 Å². The number of hydrogen-bond donors (Lipinski definition) is 2. The zero-order valence-electron chi connectivity index (χ0n) is 15.9. The second-order valence-electron chi connectivity index (χ2n) is 7.16. The molecule has 0 spiro atoms. The first kappa shape index (κ1) is 20.4. The summed E-state index contributed by atoms with van der Waals surface area (Å²) in [4.78, 5) is 26.5. The van der Waals surface area contributed by atoms with Crippen LogP contribution in [-0.2, 0) is 16.0 Å². The van der Waals surface area contributed by atoms with Crippen molar-refractivity contribution < 1.29 is 9.59 Å². The van der Waals surface area contributed by atoms with Crippen molar-refractivity contribution in [2.75, 3.05) is 25.0 Å². The molecule has 0 saturated carbocycles. The summed E-state index contributed by atoms with van der Waals surface area (Å²) in [5.74, 6) is 0.0652. The monoisotopic (exact) mass is 399 g/mol. The zero-order chi connectivity index (χ0) is 19.8. The highest BCUT2D eigenvalue weighted by Crippen LogP contribution is 2.14. The van der Waals surface area contributed by atoms with Gasteiger partial charge in [-0.25, -0.2) is 0 Å². The Kier molecular flexibility index (Phi) is 7.46. The van der Waals surface area contributed by atoms with Gasteiger partial charge in [0, 0.05) is 36.3 Å². The number of nitrogens with one attached hydrogen (secondary N) is 2. The van der Waals surface area contributed by atoms with Gasteiger partial charge >= 0.3 is 0 Å². The van der Waals surface area contributed by atoms with Crippen LogP contribution < -0.4 is 10.6 Å². The molecule has 1 aliphatic heterocycles. The molecule has 0 bridgehead atoms. The maximum absolute atomic E-state index is 12.2. The number of benzene rings is 2. The molecule has 1 saturated heterocycles. The van der Waals surface area contributed by atoms with E-state index in [4.69, 9.17) is 11.6 Å². The van der Waals surface area contributed by atoms with Gasteiger partial charge in [-0.3, -0.25) is 14.5 Å². The molecule has 3 rings (SSSR count). The number of para-hydroxylation sites is 1. The lowest BCUT2D eigenvalue weighted by atomic mass is 10.0. The second-order valence-corrected chi connectivity index (χ2v) is 7.60. The van der Waals surface area contributed by atoms with Crippen LogP contribution in [0.15, 0.2) is 54.6 Å². The minimum atomic E-state index is -0.00444. The van der Waals surface area contributed by atoms with Gasteiger partial charge in [0.2, 0.25) is 11.8 Å². The number of nitrogens with zero attached hydrogens (tertiary/aromatic N) is 1. The Morgan fingerprint density at radius 3 is 2.46 bits per heavy atom. The van der Waals surface area contributed by atoms with Gasteiger partial charge in [0.25, 0.3) is 0 Å². The van der Waals surface area contributed by atoms with E-state index >= 15 is 0 Å². The average Bonchev–Trinajstić information content (AvgIpc) is 2.69. The van der Waals surface area contributed by atoms with E-state index in [9.17, 15) is 9.59 Å². The Hall–Kier alpha value is -2.37. The molecule has 2 amide bonds. The fourth-order valence-corrected chi connectivity index (χ4v) is 3.62. The summed E-state index contributed by atoms with van der Waals surface area (Å²) in [6.07, 6.45) is 2.87. The van der Waals surface area contributed by atoms with Crippen molar-refractivity contribution in [1.29, 1.82) is 0 Å². The minimum Gasteiger partial charge on any atom is -0.353 e. The van der Waals surface area contributed by atoms with Crippen LogP contribution in [-0.4, -0.2) is 42.4 Å². The van der Waals surface area contributed by atoms with Gasteiger partial charge in [-0.15, -0.1) is 0 Å². The van der Waals surface area contributed by atoms with Crippen LogP contribution >= 0.6 is 11.6 Å². The smallest absolute Gasteiger partial charge is 0.238 e. The van der Waals surface area contributed by atoms with Crippen LogP contribution in [0.3, 0.4) is 0 Å². The summed E-state index contributed by atoms with van der Waals surface area (Å²) in [6, 6.07) is 17.3. The first-order valence-electron chi connectivity index (χ1n) is 9.69. The van der Waals surface area contributed by atoms with Crippen LogP contribution in [0.4, 0.5) is 5.69 Å². The fraction of sp³-hybridized carbons (Fsp3) is 0.364. The number of rotatable bonds is 7. The number of likely N-dealkylation sites (tertiary alicyclic amines) is 1. The number of hydrogen-bond acceptors (Lipinski definition) is 3. The first-order chi connectivity index (χ1) is 13.6. The molecular formula is C22H26ClN3O2. The van der Waals surface area contributed by atoms with Crippen molar-refractivity contribution in [3.8, 4) is 0 Å². The Morgan fingerprint density at radius 2 is 1.75 bits per heavy atom. The third kappa shape index (κ3) is 6.66. The maximum Gasteiger partial charge on any atom is 0.238 e. The molecule has 2 aromatic carbocycles. The zero-order valence-corrected chi connectivity index (χ0v) is 16.6. The van der Waals surface area contributed by atoms with Crippen LogP contribution in [0.5, 0.6) is 0 Å². The normalized spacial score (nSPS) is 15.2. The van der Waals surface area contributed by atoms with E-state index in [1.807, 2.05) is 54.6 Å². The van der Waals surface area contributed by atoms with Gasteiger partial charge in [-0.1, -0.05) is 41.9 Å². The predicted molar refractivity (Wildman–Crippen MR) is 112 cm³/mol. The molecule has 5 nitrogen and oxygen atoms in total. The topological polar surface area (TPSA) is 61.4 Å². The molecule has 6 heteroatoms. The number of aryl methyl sites for hydroxylation is 1. The lowest BCUT2D eigenvalue weighted by molar-refractivity contribution is -0.122. The Bertz CT molecular complexity index is 789. The number of carbonyl (C=O) groups is 2. The largest absolute Gasteiger partial charge is 0.353 e. The minimum absolute atomic E-state index is 0.00444. The third-order valence-electron chi connectivity index (χ3n) is 4.91. The summed E-state index contributed by atoms with van der Waals surface area (Å²) in [7, 11) is 0. The molecule has 0 radical (unpaired) electrons. The summed E-state index contributed by atoms with van der Waals surface area (Å²) >= 11 is 5.98. The molecule has 1 heterocycles. The molecule has 0 aromatic heterocycles. The van der Waals surface area contributed by atoms with Crippen molar-refractivity contribution >= 4 is 29.1 Å². The van der Waals surface area contributed by atoms with Crippen LogP contribution in [0.2, 0.25) is 5.02 Å². The highest BCUT2D eigenvalue weighted by Gasteiger charge is 2.22. The molecule has 28 heavy (non-hydrogen) atoms. The molecule has 148 valence electrons. The van der Waals surface area contributed by atoms with Crippen molar-refractivity contribution in [3.63, 3.8) is 0 Å². The highest BCUT2D eigenvalue weighted by atomic mass is 35.5. The summed E-state index contributed by atoms with van der Waals surface area (Å²) < 4.78 is 0. The van der Waals surface area contributed by atoms with E-state index in [-0.39, 0.29) is 17.9 Å². The fourth-order valence-electron chi connectivity index (χ4n) is 3.41. The van der Waals surface area contributed by atoms with E-state index in [0.29, 0.717) is 24.4 Å². The standard InChI is InChI=1S/C22H26ClN3O2/c23-18-6-4-5-17(15-18)9-10-21(27)24-20-11-13-26(14-12-20)16-22(28)25-19-7-2-1-3-8-19/h1-8,15,20H,9-14,16H2,(H,24,27)(H,25,28). The predicted octanol–water partition coefficient (Wildman–Crippen LogP) is 3.49. The van der Waals surface area contributed by atoms with Crippen molar-refractivity contribution in [2.45, 2.75) is 31.7 Å². The molecule has 0 aliphatic carbocycles. The SMILES string of the molecule is O=C(CN1CCC(NC(=O)CCc2cccc(Cl)c2)CC1)Nc1ccccc1. The van der Waals surface area contributed by atoms with Crippen molar-refractivity contribution in [3.05, 3.63) is 65.2 Å². The van der Waals surface area contributed by atoms with Gasteiger partial charge < -0.3 is 10.6 Å². The molecule has 2 aromatic rings. The van der Waals surface area contributed by atoms with E-state index in [2.05, 4.69) is 15.5 Å². The van der Waals surface area contributed by atoms with Crippen molar-refractivity contribution in [2.24, 2.45) is 0 Å². The third-order valence-corrected chi connectivity index (χ3v) is 5.14. The molecular weight excluding hydrogens is 374 g/mol. The van der Waals surface area contributed by atoms with E-state index in [0.717, 1.165) is 37.2 Å². The molecule has 1 fully saturated rings. The molecule has 0 unspecified atom stereocenters. The van der Waals surface area contributed by atoms with E-state index < -0.39 is 0 Å². The van der Waals surface area contributed by atoms with Crippen LogP contribution in [0.1, 0.15) is 24.8 Å². The Morgan fingerprint density at radius 1 is 1.00 bits per heavy atom. The number of piperidine rings is 1. The molecule has 0 atom stereocenters. The average molecular weight is 400 g/mol. The summed E-state index contributed by atoms with van der Waals surface area (Å²) in [5.41, 5.74) is 1.89. The Balaban J connectivity index is 1.34. The number of anilines is 1. The molecule has 2 N–H and O–H groups in total. The summed E-state index contributed by atoms with van der Waals surface area (Å²) in [5, 5.41) is 6.72. The maximum atomic E-state index is 12.2. The van der Waals surface area contributed by atoms with E-state index in [1.165, 1.54) is 0 Å². The summed E-state index contributed by atoms with van der Waals surface area (Å²) in [6.45, 7) is 1.99. The number of amides is 2. The highest BCUT2D eigenvalue weighted by molar-refractivity contribution is 6.30. The van der Waals surface area contributed by atoms with Gasteiger partial charge in [-0.05, 0) is 49.1 Å². The van der Waals surface area contributed by atoms with Gasteiger partial charge in [0.15, 0.2) is 0 Å². The first-order valence-corrected chi connectivity index (χ1v) is 10.1. The Labute approximate surface area is 171 Å². The molecule has 1 aliphatic rings. The quantitative estimate of drug-likeness (QED) is 0.749. The number of carbonyl (C=O) groups excluding carboxylic acids is 2.